The molecule has 0 fully saturated rings. The number of hydrogen-bond donors (Lipinski definition) is 2. The second-order valence-corrected chi connectivity index (χ2v) is 6.55. The molecule has 1 aromatic carbocycles. The number of nitrogens with one attached hydrogen (secondary N) is 2. The van der Waals surface area contributed by atoms with Gasteiger partial charge in [0.25, 0.3) is 0 Å². The Kier molecular flexibility index (Phi) is 4.61. The Bertz CT molecular complexity index is 1010. The maximum absolute atomic E-state index is 12.1. The molecule has 6 nitrogen and oxygen atoms in total. The molecule has 0 spiro atoms. The van der Waals surface area contributed by atoms with Crippen molar-refractivity contribution in [3.63, 3.8) is 0 Å². The number of rotatable bonds is 6. The highest BCUT2D eigenvalue weighted by molar-refractivity contribution is 7.13. The zero-order valence-corrected chi connectivity index (χ0v) is 14.6. The average molecular weight is 364 g/mol. The van der Waals surface area contributed by atoms with Gasteiger partial charge in [-0.25, -0.2) is 9.97 Å². The summed E-state index contributed by atoms with van der Waals surface area (Å²) in [5.41, 5.74) is 0.837. The van der Waals surface area contributed by atoms with E-state index >= 15 is 0 Å². The summed E-state index contributed by atoms with van der Waals surface area (Å²) in [6, 6.07) is 15.3. The summed E-state index contributed by atoms with van der Waals surface area (Å²) in [5, 5.41) is 8.81. The molecule has 1 amide bonds. The Hall–Kier alpha value is -3.19. The van der Waals surface area contributed by atoms with Crippen LogP contribution in [0.5, 0.6) is 0 Å². The van der Waals surface area contributed by atoms with Crippen molar-refractivity contribution in [2.75, 3.05) is 11.9 Å². The van der Waals surface area contributed by atoms with Crippen LogP contribution in [0.4, 0.5) is 5.82 Å². The molecular formula is C19H16N4O2S. The Balaban J connectivity index is 1.52. The molecule has 0 saturated carbocycles. The van der Waals surface area contributed by atoms with Gasteiger partial charge < -0.3 is 15.1 Å². The summed E-state index contributed by atoms with van der Waals surface area (Å²) < 4.78 is 5.21. The normalized spacial score (nSPS) is 10.8. The second kappa shape index (κ2) is 7.37. The molecule has 0 saturated heterocycles. The van der Waals surface area contributed by atoms with Gasteiger partial charge in [-0.05, 0) is 35.7 Å². The topological polar surface area (TPSA) is 80.0 Å². The first kappa shape index (κ1) is 16.3. The van der Waals surface area contributed by atoms with Crippen LogP contribution in [0.15, 0.2) is 64.6 Å². The summed E-state index contributed by atoms with van der Waals surface area (Å²) in [6.07, 6.45) is 1.58. The molecule has 2 N–H and O–H groups in total. The van der Waals surface area contributed by atoms with Crippen molar-refractivity contribution in [1.29, 1.82) is 0 Å². The molecular weight excluding hydrogens is 348 g/mol. The summed E-state index contributed by atoms with van der Waals surface area (Å²) in [6.45, 7) is 0.476. The molecule has 0 atom stereocenters. The van der Waals surface area contributed by atoms with Crippen LogP contribution in [0.2, 0.25) is 0 Å². The van der Waals surface area contributed by atoms with Crippen molar-refractivity contribution >= 4 is 34.0 Å². The van der Waals surface area contributed by atoms with Crippen molar-refractivity contribution in [3.05, 3.63) is 65.9 Å². The van der Waals surface area contributed by atoms with Crippen molar-refractivity contribution in [1.82, 2.24) is 15.3 Å². The fourth-order valence-electron chi connectivity index (χ4n) is 2.55. The molecule has 3 aromatic heterocycles. The largest absolute Gasteiger partial charge is 0.467 e. The molecule has 0 aliphatic carbocycles. The highest BCUT2D eigenvalue weighted by Gasteiger charge is 2.11. The van der Waals surface area contributed by atoms with Gasteiger partial charge >= 0.3 is 0 Å². The van der Waals surface area contributed by atoms with E-state index < -0.39 is 0 Å². The SMILES string of the molecule is O=C(CNc1nc(-c2cccs2)nc2ccccc12)NCc1ccco1. The van der Waals surface area contributed by atoms with Gasteiger partial charge in [-0.3, -0.25) is 4.79 Å². The lowest BCUT2D eigenvalue weighted by Crippen LogP contribution is -2.29. The van der Waals surface area contributed by atoms with Crippen LogP contribution in [-0.4, -0.2) is 22.4 Å². The van der Waals surface area contributed by atoms with E-state index in [0.717, 1.165) is 15.8 Å². The third-order valence-corrected chi connectivity index (χ3v) is 4.67. The fraction of sp³-hybridized carbons (Fsp3) is 0.105. The van der Waals surface area contributed by atoms with Crippen LogP contribution < -0.4 is 10.6 Å². The third kappa shape index (κ3) is 3.57. The Labute approximate surface area is 153 Å². The van der Waals surface area contributed by atoms with Crippen LogP contribution in [0.25, 0.3) is 21.6 Å². The predicted molar refractivity (Wildman–Crippen MR) is 102 cm³/mol. The first-order valence-corrected chi connectivity index (χ1v) is 9.01. The van der Waals surface area contributed by atoms with Gasteiger partial charge in [0, 0.05) is 5.39 Å². The van der Waals surface area contributed by atoms with Gasteiger partial charge in [0.2, 0.25) is 5.91 Å². The highest BCUT2D eigenvalue weighted by Crippen LogP contribution is 2.27. The van der Waals surface area contributed by atoms with Gasteiger partial charge in [-0.15, -0.1) is 11.3 Å². The zero-order chi connectivity index (χ0) is 17.8. The van der Waals surface area contributed by atoms with E-state index in [1.165, 1.54) is 0 Å². The standard InChI is InChI=1S/C19H16N4O2S/c24-17(20-11-13-5-3-9-25-13)12-21-18-14-6-1-2-7-15(14)22-19(23-18)16-8-4-10-26-16/h1-10H,11-12H2,(H,20,24)(H,21,22,23). The summed E-state index contributed by atoms with van der Waals surface area (Å²) in [4.78, 5) is 22.3. The van der Waals surface area contributed by atoms with E-state index in [2.05, 4.69) is 20.6 Å². The number of anilines is 1. The monoisotopic (exact) mass is 364 g/mol. The van der Waals surface area contributed by atoms with E-state index in [-0.39, 0.29) is 12.5 Å². The number of fused-ring (bicyclic) bond motifs is 1. The van der Waals surface area contributed by atoms with E-state index in [1.807, 2.05) is 47.8 Å². The summed E-state index contributed by atoms with van der Waals surface area (Å²) in [7, 11) is 0. The lowest BCUT2D eigenvalue weighted by atomic mass is 10.2. The molecule has 0 aliphatic rings. The highest BCUT2D eigenvalue weighted by atomic mass is 32.1. The Morgan fingerprint density at radius 1 is 1.08 bits per heavy atom. The predicted octanol–water partition coefficient (Wildman–Crippen LogP) is 3.68. The molecule has 26 heavy (non-hydrogen) atoms. The number of amides is 1. The number of aromatic nitrogens is 2. The number of carbonyl (C=O) groups excluding carboxylic acids is 1. The second-order valence-electron chi connectivity index (χ2n) is 5.60. The van der Waals surface area contributed by atoms with Gasteiger partial charge in [0.1, 0.15) is 11.6 Å². The van der Waals surface area contributed by atoms with Gasteiger partial charge in [-0.1, -0.05) is 18.2 Å². The quantitative estimate of drug-likeness (QED) is 0.545. The molecule has 7 heteroatoms. The first-order chi connectivity index (χ1) is 12.8. The Morgan fingerprint density at radius 3 is 2.81 bits per heavy atom. The Morgan fingerprint density at radius 2 is 2.00 bits per heavy atom. The minimum absolute atomic E-state index is 0.117. The van der Waals surface area contributed by atoms with Crippen molar-refractivity contribution in [2.24, 2.45) is 0 Å². The third-order valence-electron chi connectivity index (χ3n) is 3.80. The van der Waals surface area contributed by atoms with Crippen molar-refractivity contribution in [2.45, 2.75) is 6.54 Å². The number of carbonyl (C=O) groups is 1. The van der Waals surface area contributed by atoms with Crippen LogP contribution >= 0.6 is 11.3 Å². The molecule has 0 unspecified atom stereocenters. The van der Waals surface area contributed by atoms with Gasteiger partial charge in [0.05, 0.1) is 29.7 Å². The molecule has 0 radical (unpaired) electrons. The maximum atomic E-state index is 12.1. The molecule has 0 bridgehead atoms. The lowest BCUT2D eigenvalue weighted by Gasteiger charge is -2.10. The molecule has 3 heterocycles. The van der Waals surface area contributed by atoms with Crippen LogP contribution in [-0.2, 0) is 11.3 Å². The minimum atomic E-state index is -0.137. The number of hydrogen-bond acceptors (Lipinski definition) is 6. The first-order valence-electron chi connectivity index (χ1n) is 8.13. The molecule has 4 aromatic rings. The van der Waals surface area contributed by atoms with Gasteiger partial charge in [-0.2, -0.15) is 0 Å². The average Bonchev–Trinajstić information content (AvgIpc) is 3.38. The van der Waals surface area contributed by atoms with Crippen LogP contribution in [0.3, 0.4) is 0 Å². The molecule has 0 aliphatic heterocycles. The summed E-state index contributed by atoms with van der Waals surface area (Å²) >= 11 is 1.58. The number of benzene rings is 1. The van der Waals surface area contributed by atoms with Gasteiger partial charge in [0.15, 0.2) is 5.82 Å². The van der Waals surface area contributed by atoms with E-state index in [0.29, 0.717) is 23.9 Å². The van der Waals surface area contributed by atoms with Crippen LogP contribution in [0.1, 0.15) is 5.76 Å². The molecule has 130 valence electrons. The fourth-order valence-corrected chi connectivity index (χ4v) is 3.21. The lowest BCUT2D eigenvalue weighted by molar-refractivity contribution is -0.119. The number of para-hydroxylation sites is 1. The van der Waals surface area contributed by atoms with E-state index in [1.54, 1.807) is 23.7 Å². The number of thiophene rings is 1. The number of furan rings is 1. The minimum Gasteiger partial charge on any atom is -0.467 e. The summed E-state index contributed by atoms with van der Waals surface area (Å²) in [5.74, 6) is 1.87. The van der Waals surface area contributed by atoms with Crippen molar-refractivity contribution < 1.29 is 9.21 Å². The maximum Gasteiger partial charge on any atom is 0.239 e. The van der Waals surface area contributed by atoms with E-state index in [9.17, 15) is 4.79 Å². The van der Waals surface area contributed by atoms with Crippen molar-refractivity contribution in [3.8, 4) is 10.7 Å². The van der Waals surface area contributed by atoms with Crippen LogP contribution in [0, 0.1) is 0 Å². The smallest absolute Gasteiger partial charge is 0.239 e. The van der Waals surface area contributed by atoms with E-state index in [4.69, 9.17) is 4.42 Å². The number of nitrogens with zero attached hydrogens (tertiary/aromatic N) is 2. The molecule has 4 rings (SSSR count). The zero-order valence-electron chi connectivity index (χ0n) is 13.8.